The van der Waals surface area contributed by atoms with Crippen LogP contribution < -0.4 is 21.9 Å². The van der Waals surface area contributed by atoms with E-state index in [0.717, 1.165) is 30.3 Å². The SMILES string of the molecule is C/C=C(\OC(=O)N1CCCC1CNN[C@H](C=O)CCCNC(=N)N)C(CC(C)N(C)C)(c1ccccc1)c1ccccc1. The van der Waals surface area contributed by atoms with Crippen molar-refractivity contribution in [1.82, 2.24) is 26.0 Å². The molecule has 1 heterocycles. The summed E-state index contributed by atoms with van der Waals surface area (Å²) in [5, 5.41) is 9.97. The molecule has 10 nitrogen and oxygen atoms in total. The Kier molecular flexibility index (Phi) is 13.2. The number of amides is 1. The molecule has 0 bridgehead atoms. The summed E-state index contributed by atoms with van der Waals surface area (Å²) in [5.74, 6) is 0.528. The van der Waals surface area contributed by atoms with Gasteiger partial charge in [-0.2, -0.15) is 0 Å². The number of nitrogens with zero attached hydrogens (tertiary/aromatic N) is 2. The summed E-state index contributed by atoms with van der Waals surface area (Å²) in [6.45, 7) is 5.74. The highest BCUT2D eigenvalue weighted by Gasteiger charge is 2.43. The van der Waals surface area contributed by atoms with Gasteiger partial charge in [0, 0.05) is 31.7 Å². The number of aldehydes is 1. The molecule has 1 saturated heterocycles. The van der Waals surface area contributed by atoms with Crippen molar-refractivity contribution in [2.45, 2.75) is 69.5 Å². The molecule has 3 rings (SSSR count). The lowest BCUT2D eigenvalue weighted by Gasteiger charge is -2.40. The normalized spacial score (nSPS) is 17.0. The third-order valence-electron chi connectivity index (χ3n) is 8.30. The number of guanidine groups is 1. The zero-order valence-electron chi connectivity index (χ0n) is 26.0. The van der Waals surface area contributed by atoms with Crippen LogP contribution in [0.1, 0.15) is 57.1 Å². The molecule has 43 heavy (non-hydrogen) atoms. The second-order valence-electron chi connectivity index (χ2n) is 11.4. The molecule has 6 N–H and O–H groups in total. The van der Waals surface area contributed by atoms with Gasteiger partial charge in [0.15, 0.2) is 5.96 Å². The van der Waals surface area contributed by atoms with E-state index in [-0.39, 0.29) is 30.2 Å². The molecule has 0 aliphatic carbocycles. The molecule has 10 heteroatoms. The van der Waals surface area contributed by atoms with Crippen molar-refractivity contribution in [3.63, 3.8) is 0 Å². The van der Waals surface area contributed by atoms with E-state index < -0.39 is 5.41 Å². The number of rotatable bonds is 16. The second-order valence-corrected chi connectivity index (χ2v) is 11.4. The minimum absolute atomic E-state index is 0.0756. The number of allylic oxidation sites excluding steroid dienone is 2. The summed E-state index contributed by atoms with van der Waals surface area (Å²) >= 11 is 0. The van der Waals surface area contributed by atoms with Gasteiger partial charge in [-0.05, 0) is 77.2 Å². The Labute approximate surface area is 256 Å². The molecule has 2 aromatic carbocycles. The van der Waals surface area contributed by atoms with Crippen LogP contribution in [0.25, 0.3) is 0 Å². The fourth-order valence-corrected chi connectivity index (χ4v) is 5.72. The number of hydrazine groups is 1. The standard InChI is InChI=1S/C33H49N7O3/c1-5-30(33(22-25(2)39(3)4,26-14-8-6-9-15-26)27-16-10-7-11-17-27)43-32(42)40-21-13-19-29(40)23-37-38-28(24-41)18-12-20-36-31(34)35/h5-11,14-17,24-25,28-29,37-38H,12-13,18-23H2,1-4H3,(H4,34,35,36)/b30-5-/t25?,28-,29?/m0/s1. The van der Waals surface area contributed by atoms with Crippen LogP contribution in [0, 0.1) is 5.41 Å². The number of benzene rings is 2. The maximum Gasteiger partial charge on any atom is 0.415 e. The van der Waals surface area contributed by atoms with E-state index in [0.29, 0.717) is 44.7 Å². The average Bonchev–Trinajstić information content (AvgIpc) is 3.49. The fourth-order valence-electron chi connectivity index (χ4n) is 5.72. The van der Waals surface area contributed by atoms with E-state index in [2.05, 4.69) is 66.4 Å². The van der Waals surface area contributed by atoms with Crippen LogP contribution in [0.2, 0.25) is 0 Å². The Bertz CT molecular complexity index is 1150. The number of hydrogen-bond acceptors (Lipinski definition) is 7. The average molecular weight is 592 g/mol. The first-order chi connectivity index (χ1) is 20.7. The molecular formula is C33H49N7O3. The zero-order chi connectivity index (χ0) is 31.2. The van der Waals surface area contributed by atoms with E-state index >= 15 is 0 Å². The molecule has 0 saturated carbocycles. The summed E-state index contributed by atoms with van der Waals surface area (Å²) in [5.41, 5.74) is 13.0. The molecule has 2 aromatic rings. The van der Waals surface area contributed by atoms with Crippen molar-refractivity contribution in [1.29, 1.82) is 5.41 Å². The van der Waals surface area contributed by atoms with Crippen molar-refractivity contribution in [2.24, 2.45) is 5.73 Å². The van der Waals surface area contributed by atoms with E-state index in [1.54, 1.807) is 4.90 Å². The molecule has 234 valence electrons. The number of ether oxygens (including phenoxy) is 1. The number of nitrogens with one attached hydrogen (secondary N) is 4. The Morgan fingerprint density at radius 1 is 1.16 bits per heavy atom. The number of likely N-dealkylation sites (tertiary alicyclic amines) is 1. The van der Waals surface area contributed by atoms with Gasteiger partial charge < -0.3 is 30.4 Å². The third kappa shape index (κ3) is 9.13. The molecular weight excluding hydrogens is 542 g/mol. The van der Waals surface area contributed by atoms with E-state index in [9.17, 15) is 9.59 Å². The Morgan fingerprint density at radius 2 is 1.79 bits per heavy atom. The van der Waals surface area contributed by atoms with Crippen molar-refractivity contribution in [3.05, 3.63) is 83.6 Å². The largest absolute Gasteiger partial charge is 0.415 e. The Hall–Kier alpha value is -3.73. The van der Waals surface area contributed by atoms with Crippen LogP contribution in [0.3, 0.4) is 0 Å². The first-order valence-corrected chi connectivity index (χ1v) is 15.2. The van der Waals surface area contributed by atoms with Crippen LogP contribution in [0.4, 0.5) is 4.79 Å². The van der Waals surface area contributed by atoms with Crippen LogP contribution in [-0.4, -0.2) is 80.0 Å². The molecule has 0 spiro atoms. The lowest BCUT2D eigenvalue weighted by Crippen LogP contribution is -2.49. The van der Waals surface area contributed by atoms with Crippen LogP contribution in [0.5, 0.6) is 0 Å². The van der Waals surface area contributed by atoms with E-state index in [1.807, 2.05) is 49.4 Å². The highest BCUT2D eigenvalue weighted by atomic mass is 16.6. The smallest absolute Gasteiger partial charge is 0.414 e. The van der Waals surface area contributed by atoms with Gasteiger partial charge in [-0.25, -0.2) is 10.2 Å². The topological polar surface area (TPSA) is 136 Å². The van der Waals surface area contributed by atoms with Crippen molar-refractivity contribution in [2.75, 3.05) is 33.7 Å². The first kappa shape index (κ1) is 33.8. The highest BCUT2D eigenvalue weighted by Crippen LogP contribution is 2.44. The minimum Gasteiger partial charge on any atom is -0.414 e. The van der Waals surface area contributed by atoms with Gasteiger partial charge in [0.2, 0.25) is 0 Å². The van der Waals surface area contributed by atoms with Crippen LogP contribution in [-0.2, 0) is 14.9 Å². The maximum atomic E-state index is 13.9. The van der Waals surface area contributed by atoms with Gasteiger partial charge >= 0.3 is 6.09 Å². The monoisotopic (exact) mass is 591 g/mol. The van der Waals surface area contributed by atoms with Gasteiger partial charge in [0.05, 0.1) is 11.5 Å². The van der Waals surface area contributed by atoms with Crippen molar-refractivity contribution < 1.29 is 14.3 Å². The molecule has 2 unspecified atom stereocenters. The minimum atomic E-state index is -0.680. The summed E-state index contributed by atoms with van der Waals surface area (Å²) in [6.07, 6.45) is 6.12. The Morgan fingerprint density at radius 3 is 2.33 bits per heavy atom. The van der Waals surface area contributed by atoms with E-state index in [4.69, 9.17) is 15.9 Å². The number of hydrogen-bond donors (Lipinski definition) is 5. The third-order valence-corrected chi connectivity index (χ3v) is 8.30. The van der Waals surface area contributed by atoms with Crippen molar-refractivity contribution in [3.8, 4) is 0 Å². The summed E-state index contributed by atoms with van der Waals surface area (Å²) in [6, 6.07) is 20.3. The summed E-state index contributed by atoms with van der Waals surface area (Å²) < 4.78 is 6.39. The maximum absolute atomic E-state index is 13.9. The second kappa shape index (κ2) is 16.8. The number of carbonyl (C=O) groups is 2. The summed E-state index contributed by atoms with van der Waals surface area (Å²) in [7, 11) is 4.14. The quantitative estimate of drug-likeness (QED) is 0.0498. The van der Waals surface area contributed by atoms with Crippen LogP contribution >= 0.6 is 0 Å². The molecule has 1 aliphatic rings. The van der Waals surface area contributed by atoms with Crippen molar-refractivity contribution >= 4 is 18.3 Å². The molecule has 1 aliphatic heterocycles. The first-order valence-electron chi connectivity index (χ1n) is 15.2. The van der Waals surface area contributed by atoms with Gasteiger partial charge in [-0.3, -0.25) is 10.8 Å². The molecule has 0 aromatic heterocycles. The van der Waals surface area contributed by atoms with Gasteiger partial charge in [-0.15, -0.1) is 0 Å². The van der Waals surface area contributed by atoms with E-state index in [1.165, 1.54) is 0 Å². The fraction of sp³-hybridized carbons (Fsp3) is 0.485. The lowest BCUT2D eigenvalue weighted by molar-refractivity contribution is -0.110. The predicted octanol–water partition coefficient (Wildman–Crippen LogP) is 3.74. The van der Waals surface area contributed by atoms with Gasteiger partial charge in [-0.1, -0.05) is 60.7 Å². The number of carbonyl (C=O) groups excluding carboxylic acids is 2. The van der Waals surface area contributed by atoms with Gasteiger partial charge in [0.1, 0.15) is 12.0 Å². The van der Waals surface area contributed by atoms with Crippen LogP contribution in [0.15, 0.2) is 72.5 Å². The molecule has 1 amide bonds. The number of nitrogens with two attached hydrogens (primary N) is 1. The lowest BCUT2D eigenvalue weighted by atomic mass is 9.68. The molecule has 1 fully saturated rings. The highest BCUT2D eigenvalue weighted by molar-refractivity contribution is 5.74. The predicted molar refractivity (Wildman–Crippen MR) is 172 cm³/mol. The molecule has 0 radical (unpaired) electrons. The summed E-state index contributed by atoms with van der Waals surface area (Å²) in [4.78, 5) is 29.4. The Balaban J connectivity index is 1.78. The molecule has 3 atom stereocenters. The van der Waals surface area contributed by atoms with Gasteiger partial charge in [0.25, 0.3) is 0 Å². The zero-order valence-corrected chi connectivity index (χ0v) is 26.0.